The average Bonchev–Trinajstić information content (AvgIpc) is 3.21. The van der Waals surface area contributed by atoms with Crippen molar-refractivity contribution in [2.75, 3.05) is 18.0 Å². The maximum atomic E-state index is 15.8. The summed E-state index contributed by atoms with van der Waals surface area (Å²) in [6.45, 7) is 1.12. The largest absolute Gasteiger partial charge is 0.477 e. The molecular formula is C18H18FN5O3. The number of nitrogens with zero attached hydrogens (tertiary/aromatic N) is 3. The molecule has 3 heterocycles. The van der Waals surface area contributed by atoms with E-state index in [1.54, 1.807) is 4.57 Å². The number of imidazole rings is 1. The summed E-state index contributed by atoms with van der Waals surface area (Å²) in [4.78, 5) is 33.5. The lowest BCUT2D eigenvalue weighted by atomic mass is 10.1. The Morgan fingerprint density at radius 1 is 1.37 bits per heavy atom. The van der Waals surface area contributed by atoms with E-state index in [2.05, 4.69) is 9.97 Å². The zero-order valence-electron chi connectivity index (χ0n) is 14.4. The van der Waals surface area contributed by atoms with Crippen LogP contribution in [0.15, 0.2) is 17.3 Å². The van der Waals surface area contributed by atoms with Crippen molar-refractivity contribution >= 4 is 33.6 Å². The number of H-pyrrole nitrogens is 1. The number of nitrogens with one attached hydrogen (secondary N) is 1. The van der Waals surface area contributed by atoms with Gasteiger partial charge < -0.3 is 25.3 Å². The van der Waals surface area contributed by atoms with E-state index in [0.29, 0.717) is 29.8 Å². The SMILES string of the molecule is NC1CCN(c2c(F)c3c(c(=O)c(C(=O)O)cn3C3CC3)c3nc[nH]c23)C1. The van der Waals surface area contributed by atoms with Crippen LogP contribution in [0.5, 0.6) is 0 Å². The van der Waals surface area contributed by atoms with Crippen LogP contribution >= 0.6 is 0 Å². The third-order valence-corrected chi connectivity index (χ3v) is 5.48. The fraction of sp³-hybridized carbons (Fsp3) is 0.389. The number of nitrogens with two attached hydrogens (primary N) is 1. The van der Waals surface area contributed by atoms with Crippen molar-refractivity contribution in [2.24, 2.45) is 5.73 Å². The molecule has 1 aliphatic heterocycles. The van der Waals surface area contributed by atoms with E-state index in [1.165, 1.54) is 12.5 Å². The first-order valence-electron chi connectivity index (χ1n) is 8.94. The fourth-order valence-corrected chi connectivity index (χ4v) is 4.04. The number of rotatable bonds is 3. The van der Waals surface area contributed by atoms with E-state index in [-0.39, 0.29) is 28.6 Å². The van der Waals surface area contributed by atoms with Gasteiger partial charge >= 0.3 is 5.97 Å². The molecular weight excluding hydrogens is 353 g/mol. The smallest absolute Gasteiger partial charge is 0.341 e. The predicted octanol–water partition coefficient (Wildman–Crippen LogP) is 1.59. The maximum Gasteiger partial charge on any atom is 0.341 e. The minimum atomic E-state index is -1.32. The van der Waals surface area contributed by atoms with E-state index >= 15 is 4.39 Å². The highest BCUT2D eigenvalue weighted by Gasteiger charge is 2.33. The summed E-state index contributed by atoms with van der Waals surface area (Å²) in [5.41, 5.74) is 6.09. The molecule has 0 bridgehead atoms. The normalized spacial score (nSPS) is 20.1. The average molecular weight is 371 g/mol. The van der Waals surface area contributed by atoms with Crippen molar-refractivity contribution < 1.29 is 14.3 Å². The Morgan fingerprint density at radius 3 is 2.78 bits per heavy atom. The van der Waals surface area contributed by atoms with E-state index in [0.717, 1.165) is 19.3 Å². The molecule has 0 spiro atoms. The van der Waals surface area contributed by atoms with Gasteiger partial charge in [-0.3, -0.25) is 4.79 Å². The molecule has 8 nitrogen and oxygen atoms in total. The highest BCUT2D eigenvalue weighted by molar-refractivity contribution is 6.10. The van der Waals surface area contributed by atoms with E-state index in [4.69, 9.17) is 5.73 Å². The van der Waals surface area contributed by atoms with Gasteiger partial charge in [-0.15, -0.1) is 0 Å². The second-order valence-corrected chi connectivity index (χ2v) is 7.32. The third-order valence-electron chi connectivity index (χ3n) is 5.48. The Kier molecular flexibility index (Phi) is 3.33. The van der Waals surface area contributed by atoms with Gasteiger partial charge in [0.05, 0.1) is 22.7 Å². The van der Waals surface area contributed by atoms with Gasteiger partial charge in [0.25, 0.3) is 0 Å². The topological polar surface area (TPSA) is 117 Å². The number of carboxylic acids is 1. The van der Waals surface area contributed by atoms with Crippen molar-refractivity contribution in [3.63, 3.8) is 0 Å². The second kappa shape index (κ2) is 5.53. The first kappa shape index (κ1) is 16.2. The van der Waals surface area contributed by atoms with Crippen LogP contribution in [0.4, 0.5) is 10.1 Å². The zero-order chi connectivity index (χ0) is 18.9. The van der Waals surface area contributed by atoms with Crippen LogP contribution in [0.1, 0.15) is 35.7 Å². The number of fused-ring (bicyclic) bond motifs is 3. The van der Waals surface area contributed by atoms with E-state index in [9.17, 15) is 14.7 Å². The van der Waals surface area contributed by atoms with Crippen LogP contribution in [0.3, 0.4) is 0 Å². The Bertz CT molecular complexity index is 1160. The molecule has 140 valence electrons. The van der Waals surface area contributed by atoms with Gasteiger partial charge in [0.1, 0.15) is 16.8 Å². The van der Waals surface area contributed by atoms with Crippen molar-refractivity contribution in [1.82, 2.24) is 14.5 Å². The van der Waals surface area contributed by atoms with Crippen LogP contribution in [-0.2, 0) is 0 Å². The molecule has 1 saturated carbocycles. The summed E-state index contributed by atoms with van der Waals surface area (Å²) in [6.07, 6.45) is 5.06. The lowest BCUT2D eigenvalue weighted by Gasteiger charge is -2.22. The molecule has 27 heavy (non-hydrogen) atoms. The third kappa shape index (κ3) is 2.27. The van der Waals surface area contributed by atoms with E-state index < -0.39 is 17.2 Å². The first-order chi connectivity index (χ1) is 13.0. The molecule has 3 aromatic rings. The summed E-state index contributed by atoms with van der Waals surface area (Å²) >= 11 is 0. The van der Waals surface area contributed by atoms with Gasteiger partial charge in [-0.05, 0) is 19.3 Å². The van der Waals surface area contributed by atoms with Crippen LogP contribution in [0, 0.1) is 5.82 Å². The molecule has 4 N–H and O–H groups in total. The monoisotopic (exact) mass is 371 g/mol. The molecule has 1 saturated heterocycles. The fourth-order valence-electron chi connectivity index (χ4n) is 4.04. The van der Waals surface area contributed by atoms with Gasteiger partial charge in [-0.2, -0.15) is 0 Å². The predicted molar refractivity (Wildman–Crippen MR) is 97.9 cm³/mol. The molecule has 1 atom stereocenters. The number of aromatic carboxylic acids is 1. The number of hydrogen-bond donors (Lipinski definition) is 3. The van der Waals surface area contributed by atoms with Crippen molar-refractivity contribution in [3.8, 4) is 0 Å². The molecule has 2 aliphatic rings. The van der Waals surface area contributed by atoms with E-state index in [1.807, 2.05) is 4.90 Å². The van der Waals surface area contributed by atoms with Crippen LogP contribution < -0.4 is 16.1 Å². The lowest BCUT2D eigenvalue weighted by Crippen LogP contribution is -2.28. The Balaban J connectivity index is 1.94. The highest BCUT2D eigenvalue weighted by atomic mass is 19.1. The van der Waals surface area contributed by atoms with Crippen molar-refractivity contribution in [3.05, 3.63) is 34.1 Å². The number of halogens is 1. The second-order valence-electron chi connectivity index (χ2n) is 7.32. The zero-order valence-corrected chi connectivity index (χ0v) is 14.4. The number of carboxylic acid groups (broad SMARTS) is 1. The summed E-state index contributed by atoms with van der Waals surface area (Å²) in [6, 6.07) is -0.0520. The summed E-state index contributed by atoms with van der Waals surface area (Å²) in [5, 5.41) is 9.46. The molecule has 1 aliphatic carbocycles. The molecule has 5 rings (SSSR count). The number of benzene rings is 1. The highest BCUT2D eigenvalue weighted by Crippen LogP contribution is 2.41. The first-order valence-corrected chi connectivity index (χ1v) is 8.94. The minimum absolute atomic E-state index is 0.00854. The Hall–Kier alpha value is -2.94. The number of anilines is 1. The molecule has 0 radical (unpaired) electrons. The summed E-state index contributed by atoms with van der Waals surface area (Å²) in [7, 11) is 0. The number of hydrogen-bond acceptors (Lipinski definition) is 5. The number of aromatic nitrogens is 3. The maximum absolute atomic E-state index is 15.8. The van der Waals surface area contributed by atoms with Gasteiger partial charge in [-0.25, -0.2) is 14.2 Å². The van der Waals surface area contributed by atoms with Gasteiger partial charge in [0.15, 0.2) is 5.82 Å². The summed E-state index contributed by atoms with van der Waals surface area (Å²) in [5.74, 6) is -1.85. The van der Waals surface area contributed by atoms with Crippen molar-refractivity contribution in [2.45, 2.75) is 31.3 Å². The molecule has 1 unspecified atom stereocenters. The number of aromatic amines is 1. The quantitative estimate of drug-likeness (QED) is 0.644. The van der Waals surface area contributed by atoms with Crippen molar-refractivity contribution in [1.29, 1.82) is 0 Å². The minimum Gasteiger partial charge on any atom is -0.477 e. The standard InChI is InChI=1S/C18H18FN5O3/c19-12-15-11(17(25)10(18(26)27)6-24(15)9-1-2-9)13-14(22-7-21-13)16(12)23-4-3-8(20)5-23/h6-9H,1-5,20H2,(H,21,22)(H,26,27). The molecule has 9 heteroatoms. The van der Waals surface area contributed by atoms with Crippen LogP contribution in [0.25, 0.3) is 21.9 Å². The molecule has 2 fully saturated rings. The van der Waals surface area contributed by atoms with Gasteiger partial charge in [0.2, 0.25) is 5.43 Å². The number of carbonyl (C=O) groups is 1. The lowest BCUT2D eigenvalue weighted by molar-refractivity contribution is 0.0695. The Morgan fingerprint density at radius 2 is 2.15 bits per heavy atom. The summed E-state index contributed by atoms with van der Waals surface area (Å²) < 4.78 is 17.4. The molecule has 1 aromatic carbocycles. The van der Waals surface area contributed by atoms with Crippen LogP contribution in [-0.4, -0.2) is 44.7 Å². The number of pyridine rings is 1. The van der Waals surface area contributed by atoms with Gasteiger partial charge in [0, 0.05) is 31.4 Å². The molecule has 2 aromatic heterocycles. The Labute approximate surface area is 152 Å². The van der Waals surface area contributed by atoms with Crippen LogP contribution in [0.2, 0.25) is 0 Å². The molecule has 0 amide bonds. The van der Waals surface area contributed by atoms with Gasteiger partial charge in [-0.1, -0.05) is 0 Å².